The van der Waals surface area contributed by atoms with Crippen molar-refractivity contribution in [2.45, 2.75) is 128 Å². The fraction of sp³-hybridized carbons (Fsp3) is 1.00. The third-order valence-corrected chi connectivity index (χ3v) is 12.7. The SMILES string of the molecule is CC(C)[C@@H](CC[C@@H](C)[C@H]1CC(O)[C@@H]2[C@]1(C)CC[C@H]1[C@@]2(O)CC(O)C2(O)CC(O)CC[C@]12C)C(O)COS(=O)(=O)O. The summed E-state index contributed by atoms with van der Waals surface area (Å²) in [4.78, 5) is 0. The van der Waals surface area contributed by atoms with Crippen LogP contribution in [0.2, 0.25) is 0 Å². The summed E-state index contributed by atoms with van der Waals surface area (Å²) in [5.41, 5.74) is -4.03. The van der Waals surface area contributed by atoms with E-state index in [2.05, 4.69) is 18.0 Å². The third-order valence-electron chi connectivity index (χ3n) is 12.3. The molecule has 4 rings (SSSR count). The molecule has 0 amide bonds. The van der Waals surface area contributed by atoms with E-state index in [9.17, 15) is 39.1 Å². The van der Waals surface area contributed by atoms with Gasteiger partial charge < -0.3 is 30.6 Å². The van der Waals surface area contributed by atoms with Gasteiger partial charge in [-0.3, -0.25) is 4.55 Å². The summed E-state index contributed by atoms with van der Waals surface area (Å²) >= 11 is 0. The molecular formula is C29H52O10S. The summed E-state index contributed by atoms with van der Waals surface area (Å²) in [7, 11) is -4.65. The van der Waals surface area contributed by atoms with Gasteiger partial charge in [0, 0.05) is 24.2 Å². The van der Waals surface area contributed by atoms with Crippen LogP contribution in [0, 0.1) is 46.3 Å². The quantitative estimate of drug-likeness (QED) is 0.195. The van der Waals surface area contributed by atoms with E-state index in [0.29, 0.717) is 38.5 Å². The lowest BCUT2D eigenvalue weighted by Gasteiger charge is -2.68. The molecule has 13 atom stereocenters. The summed E-state index contributed by atoms with van der Waals surface area (Å²) in [6, 6.07) is 0. The van der Waals surface area contributed by atoms with Crippen molar-refractivity contribution in [1.82, 2.24) is 0 Å². The Morgan fingerprint density at radius 2 is 1.62 bits per heavy atom. The van der Waals surface area contributed by atoms with Gasteiger partial charge in [-0.2, -0.15) is 8.42 Å². The van der Waals surface area contributed by atoms with Crippen LogP contribution in [0.5, 0.6) is 0 Å². The van der Waals surface area contributed by atoms with Crippen LogP contribution in [0.3, 0.4) is 0 Å². The van der Waals surface area contributed by atoms with Gasteiger partial charge in [0.15, 0.2) is 0 Å². The first-order chi connectivity index (χ1) is 18.3. The smallest absolute Gasteiger partial charge is 0.393 e. The summed E-state index contributed by atoms with van der Waals surface area (Å²) in [5.74, 6) is -0.790. The number of fused-ring (bicyclic) bond motifs is 5. The van der Waals surface area contributed by atoms with E-state index in [1.807, 2.05) is 20.8 Å². The number of hydrogen-bond acceptors (Lipinski definition) is 9. The Morgan fingerprint density at radius 3 is 2.23 bits per heavy atom. The average molecular weight is 593 g/mol. The molecule has 0 bridgehead atoms. The second kappa shape index (κ2) is 11.0. The Balaban J connectivity index is 1.53. The van der Waals surface area contributed by atoms with Gasteiger partial charge in [-0.25, -0.2) is 4.18 Å². The highest BCUT2D eigenvalue weighted by Crippen LogP contribution is 2.70. The lowest BCUT2D eigenvalue weighted by atomic mass is 9.40. The Kier molecular flexibility index (Phi) is 8.92. The molecule has 7 N–H and O–H groups in total. The van der Waals surface area contributed by atoms with Gasteiger partial charge in [-0.05, 0) is 73.5 Å². The normalized spacial score (nSPS) is 47.7. The van der Waals surface area contributed by atoms with Crippen LogP contribution in [0.25, 0.3) is 0 Å². The molecule has 0 heterocycles. The second-order valence-corrected chi connectivity index (χ2v) is 15.8. The Hall–Kier alpha value is -0.370. The largest absolute Gasteiger partial charge is 0.397 e. The highest BCUT2D eigenvalue weighted by atomic mass is 32.3. The number of aliphatic hydroxyl groups excluding tert-OH is 4. The van der Waals surface area contributed by atoms with Crippen LogP contribution < -0.4 is 0 Å². The predicted octanol–water partition coefficient (Wildman–Crippen LogP) is 2.05. The molecule has 0 aromatic heterocycles. The molecule has 11 heteroatoms. The first kappa shape index (κ1) is 32.5. The van der Waals surface area contributed by atoms with E-state index in [-0.39, 0.29) is 42.4 Å². The topological polar surface area (TPSA) is 185 Å². The van der Waals surface area contributed by atoms with Crippen molar-refractivity contribution in [2.75, 3.05) is 6.61 Å². The van der Waals surface area contributed by atoms with Crippen LogP contribution in [0.15, 0.2) is 0 Å². The fourth-order valence-corrected chi connectivity index (χ4v) is 10.6. The van der Waals surface area contributed by atoms with Crippen molar-refractivity contribution in [1.29, 1.82) is 0 Å². The first-order valence-corrected chi connectivity index (χ1v) is 16.5. The molecule has 40 heavy (non-hydrogen) atoms. The van der Waals surface area contributed by atoms with Crippen molar-refractivity contribution in [3.63, 3.8) is 0 Å². The number of hydrogen-bond donors (Lipinski definition) is 7. The molecule has 4 saturated carbocycles. The number of rotatable bonds is 9. The molecule has 0 spiro atoms. The second-order valence-electron chi connectivity index (χ2n) is 14.7. The maximum Gasteiger partial charge on any atom is 0.397 e. The first-order valence-electron chi connectivity index (χ1n) is 15.1. The Morgan fingerprint density at radius 1 is 0.975 bits per heavy atom. The molecule has 4 aliphatic rings. The van der Waals surface area contributed by atoms with Gasteiger partial charge in [0.2, 0.25) is 0 Å². The van der Waals surface area contributed by atoms with Crippen molar-refractivity contribution in [3.05, 3.63) is 0 Å². The lowest BCUT2D eigenvalue weighted by molar-refractivity contribution is -0.315. The minimum Gasteiger partial charge on any atom is -0.393 e. The molecule has 5 unspecified atom stereocenters. The minimum atomic E-state index is -4.65. The molecular weight excluding hydrogens is 540 g/mol. The van der Waals surface area contributed by atoms with Crippen LogP contribution in [-0.2, 0) is 14.6 Å². The molecule has 4 fully saturated rings. The van der Waals surface area contributed by atoms with Crippen LogP contribution in [-0.4, -0.2) is 85.8 Å². The van der Waals surface area contributed by atoms with Crippen LogP contribution in [0.1, 0.15) is 92.4 Å². The van der Waals surface area contributed by atoms with Crippen molar-refractivity contribution in [2.24, 2.45) is 46.3 Å². The molecule has 0 aromatic rings. The summed E-state index contributed by atoms with van der Waals surface area (Å²) < 4.78 is 35.3. The molecule has 234 valence electrons. The van der Waals surface area contributed by atoms with E-state index >= 15 is 0 Å². The Labute approximate surface area is 239 Å². The van der Waals surface area contributed by atoms with Crippen molar-refractivity contribution >= 4 is 10.4 Å². The van der Waals surface area contributed by atoms with Gasteiger partial charge in [-0.1, -0.05) is 41.0 Å². The molecule has 0 radical (unpaired) electrons. The van der Waals surface area contributed by atoms with E-state index in [1.54, 1.807) is 0 Å². The van der Waals surface area contributed by atoms with E-state index in [0.717, 1.165) is 6.42 Å². The standard InChI is InChI=1S/C29H52O10S/c1-16(2)19(22(32)15-39-40(36,37)38)7-6-17(3)20-12-21(31)25-26(20,4)10-9-23-27(5)11-8-18(30)13-29(27,35)24(33)14-28(23,25)34/h16-25,30-35H,6-15H2,1-5H3,(H,36,37,38)/t17-,18?,19-,20-,21?,22?,23-,24?,25-,26-,27-,28+,29?/m1/s1. The fourth-order valence-electron chi connectivity index (χ4n) is 10.3. The molecule has 10 nitrogen and oxygen atoms in total. The van der Waals surface area contributed by atoms with Gasteiger partial charge in [0.1, 0.15) is 0 Å². The lowest BCUT2D eigenvalue weighted by Crippen LogP contribution is -2.75. The summed E-state index contributed by atoms with van der Waals surface area (Å²) in [5, 5.41) is 67.8. The van der Waals surface area contributed by atoms with Crippen LogP contribution >= 0.6 is 0 Å². The van der Waals surface area contributed by atoms with Crippen molar-refractivity contribution < 1.29 is 47.8 Å². The highest BCUT2D eigenvalue weighted by Gasteiger charge is 2.74. The zero-order valence-corrected chi connectivity index (χ0v) is 25.4. The summed E-state index contributed by atoms with van der Waals surface area (Å²) in [6.45, 7) is 9.57. The third kappa shape index (κ3) is 5.30. The van der Waals surface area contributed by atoms with E-state index in [4.69, 9.17) is 4.55 Å². The molecule has 0 saturated heterocycles. The molecule has 0 aromatic carbocycles. The molecule has 0 aliphatic heterocycles. The molecule has 4 aliphatic carbocycles. The van der Waals surface area contributed by atoms with Gasteiger partial charge in [0.05, 0.1) is 42.2 Å². The zero-order valence-electron chi connectivity index (χ0n) is 24.6. The predicted molar refractivity (Wildman–Crippen MR) is 147 cm³/mol. The van der Waals surface area contributed by atoms with Gasteiger partial charge in [-0.15, -0.1) is 0 Å². The minimum absolute atomic E-state index is 0.0374. The zero-order chi connectivity index (χ0) is 30.1. The van der Waals surface area contributed by atoms with Gasteiger partial charge in [0.25, 0.3) is 0 Å². The monoisotopic (exact) mass is 592 g/mol. The number of aliphatic hydroxyl groups is 6. The maximum absolute atomic E-state index is 12.4. The average Bonchev–Trinajstić information content (AvgIpc) is 3.10. The maximum atomic E-state index is 12.4. The summed E-state index contributed by atoms with van der Waals surface area (Å²) in [6.07, 6.45) is 0.539. The van der Waals surface area contributed by atoms with Crippen molar-refractivity contribution in [3.8, 4) is 0 Å². The Bertz CT molecular complexity index is 1020. The van der Waals surface area contributed by atoms with E-state index < -0.39 is 69.4 Å². The van der Waals surface area contributed by atoms with E-state index in [1.165, 1.54) is 0 Å². The van der Waals surface area contributed by atoms with Crippen LogP contribution in [0.4, 0.5) is 0 Å². The van der Waals surface area contributed by atoms with Gasteiger partial charge >= 0.3 is 10.4 Å². The highest BCUT2D eigenvalue weighted by molar-refractivity contribution is 7.80.